The van der Waals surface area contributed by atoms with Gasteiger partial charge in [-0.15, -0.1) is 0 Å². The molecule has 0 fully saturated rings. The average molecular weight is 341 g/mol. The number of benzene rings is 2. The van der Waals surface area contributed by atoms with Crippen LogP contribution < -0.4 is 20.2 Å². The summed E-state index contributed by atoms with van der Waals surface area (Å²) in [7, 11) is 3.14. The summed E-state index contributed by atoms with van der Waals surface area (Å²) in [5.74, 6) is 0.484. The second-order valence-corrected chi connectivity index (χ2v) is 5.02. The minimum Gasteiger partial charge on any atom is -0.497 e. The van der Waals surface area contributed by atoms with E-state index in [1.54, 1.807) is 62.8 Å². The lowest BCUT2D eigenvalue weighted by molar-refractivity contribution is -0.126. The van der Waals surface area contributed by atoms with Crippen LogP contribution in [-0.4, -0.2) is 32.2 Å². The summed E-state index contributed by atoms with van der Waals surface area (Å²) in [6.07, 6.45) is 1.16. The summed E-state index contributed by atoms with van der Waals surface area (Å²) in [4.78, 5) is 23.5. The summed E-state index contributed by atoms with van der Waals surface area (Å²) in [6, 6.07) is 14.0. The zero-order valence-electron chi connectivity index (χ0n) is 14.0. The highest BCUT2D eigenvalue weighted by Crippen LogP contribution is 2.15. The van der Waals surface area contributed by atoms with Gasteiger partial charge in [0.05, 0.1) is 20.4 Å². The van der Waals surface area contributed by atoms with Gasteiger partial charge >= 0.3 is 0 Å². The van der Waals surface area contributed by atoms with Crippen molar-refractivity contribution >= 4 is 23.7 Å². The van der Waals surface area contributed by atoms with Crippen molar-refractivity contribution in [3.8, 4) is 11.5 Å². The molecule has 7 heteroatoms. The molecule has 0 saturated heterocycles. The number of anilines is 1. The molecule has 2 aromatic rings. The third-order valence-electron chi connectivity index (χ3n) is 3.21. The van der Waals surface area contributed by atoms with E-state index in [2.05, 4.69) is 15.8 Å². The molecule has 0 atom stereocenters. The lowest BCUT2D eigenvalue weighted by Crippen LogP contribution is -2.24. The molecular weight excluding hydrogens is 322 g/mol. The molecule has 0 bridgehead atoms. The Morgan fingerprint density at radius 2 is 1.48 bits per heavy atom. The molecule has 0 aliphatic carbocycles. The lowest BCUT2D eigenvalue weighted by atomic mass is 10.2. The van der Waals surface area contributed by atoms with Crippen LogP contribution in [0.3, 0.4) is 0 Å². The van der Waals surface area contributed by atoms with Gasteiger partial charge < -0.3 is 14.8 Å². The summed E-state index contributed by atoms with van der Waals surface area (Å²) < 4.78 is 10.1. The highest BCUT2D eigenvalue weighted by molar-refractivity contribution is 6.03. The topological polar surface area (TPSA) is 89.0 Å². The van der Waals surface area contributed by atoms with Crippen molar-refractivity contribution in [1.29, 1.82) is 0 Å². The van der Waals surface area contributed by atoms with Gasteiger partial charge in [-0.2, -0.15) is 5.10 Å². The monoisotopic (exact) mass is 341 g/mol. The second-order valence-electron chi connectivity index (χ2n) is 5.02. The Labute approximate surface area is 145 Å². The molecule has 2 aromatic carbocycles. The molecule has 0 radical (unpaired) electrons. The molecule has 2 N–H and O–H groups in total. The first-order chi connectivity index (χ1) is 12.1. The van der Waals surface area contributed by atoms with Gasteiger partial charge in [-0.1, -0.05) is 0 Å². The normalized spacial score (nSPS) is 10.3. The van der Waals surface area contributed by atoms with Gasteiger partial charge in [0.25, 0.3) is 0 Å². The number of amides is 2. The Morgan fingerprint density at radius 1 is 0.920 bits per heavy atom. The fourth-order valence-electron chi connectivity index (χ4n) is 1.93. The molecule has 0 aliphatic rings. The number of carbonyl (C=O) groups excluding carboxylic acids is 2. The van der Waals surface area contributed by atoms with Gasteiger partial charge in [0.15, 0.2) is 0 Å². The molecule has 130 valence electrons. The summed E-state index contributed by atoms with van der Waals surface area (Å²) in [6.45, 7) is 0. The molecule has 0 unspecified atom stereocenters. The maximum atomic E-state index is 11.8. The maximum Gasteiger partial charge on any atom is 0.249 e. The third-order valence-corrected chi connectivity index (χ3v) is 3.21. The number of carbonyl (C=O) groups is 2. The Hall–Kier alpha value is -3.35. The Kier molecular flexibility index (Phi) is 6.53. The smallest absolute Gasteiger partial charge is 0.249 e. The van der Waals surface area contributed by atoms with Gasteiger partial charge in [0, 0.05) is 5.69 Å². The van der Waals surface area contributed by atoms with Crippen molar-refractivity contribution in [2.24, 2.45) is 5.10 Å². The first kappa shape index (κ1) is 18.0. The molecule has 0 spiro atoms. The van der Waals surface area contributed by atoms with Crippen LogP contribution in [0, 0.1) is 0 Å². The Bertz CT molecular complexity index is 740. The van der Waals surface area contributed by atoms with E-state index in [-0.39, 0.29) is 6.42 Å². The molecule has 0 heterocycles. The predicted molar refractivity (Wildman–Crippen MR) is 95.0 cm³/mol. The van der Waals surface area contributed by atoms with Gasteiger partial charge in [-0.25, -0.2) is 5.43 Å². The van der Waals surface area contributed by atoms with Gasteiger partial charge in [-0.05, 0) is 54.1 Å². The SMILES string of the molecule is COc1ccc(C=NNC(=O)CC(=O)Nc2ccc(OC)cc2)cc1. The van der Waals surface area contributed by atoms with E-state index >= 15 is 0 Å². The molecule has 2 amide bonds. The van der Waals surface area contributed by atoms with E-state index in [0.717, 1.165) is 11.3 Å². The van der Waals surface area contributed by atoms with Gasteiger partial charge in [0.1, 0.15) is 17.9 Å². The van der Waals surface area contributed by atoms with Crippen molar-refractivity contribution < 1.29 is 19.1 Å². The molecule has 2 rings (SSSR count). The van der Waals surface area contributed by atoms with Crippen molar-refractivity contribution in [3.05, 3.63) is 54.1 Å². The van der Waals surface area contributed by atoms with Crippen LogP contribution in [0.5, 0.6) is 11.5 Å². The first-order valence-corrected chi connectivity index (χ1v) is 7.50. The number of ether oxygens (including phenoxy) is 2. The lowest BCUT2D eigenvalue weighted by Gasteiger charge is -2.05. The molecule has 0 saturated carbocycles. The highest BCUT2D eigenvalue weighted by atomic mass is 16.5. The van der Waals surface area contributed by atoms with E-state index < -0.39 is 11.8 Å². The Balaban J connectivity index is 1.78. The average Bonchev–Trinajstić information content (AvgIpc) is 2.63. The Morgan fingerprint density at radius 3 is 2.04 bits per heavy atom. The minimum absolute atomic E-state index is 0.327. The van der Waals surface area contributed by atoms with Crippen LogP contribution in [0.2, 0.25) is 0 Å². The van der Waals surface area contributed by atoms with E-state index in [4.69, 9.17) is 9.47 Å². The van der Waals surface area contributed by atoms with E-state index in [1.165, 1.54) is 6.21 Å². The van der Waals surface area contributed by atoms with E-state index in [1.807, 2.05) is 0 Å². The van der Waals surface area contributed by atoms with Crippen LogP contribution >= 0.6 is 0 Å². The molecule has 0 aliphatic heterocycles. The van der Waals surface area contributed by atoms with E-state index in [0.29, 0.717) is 11.4 Å². The van der Waals surface area contributed by atoms with Crippen LogP contribution in [0.15, 0.2) is 53.6 Å². The summed E-state index contributed by atoms with van der Waals surface area (Å²) in [5.41, 5.74) is 3.69. The number of nitrogens with zero attached hydrogens (tertiary/aromatic N) is 1. The third kappa shape index (κ3) is 5.98. The fourth-order valence-corrected chi connectivity index (χ4v) is 1.93. The zero-order chi connectivity index (χ0) is 18.1. The zero-order valence-corrected chi connectivity index (χ0v) is 14.0. The molecule has 0 aromatic heterocycles. The van der Waals surface area contributed by atoms with Crippen LogP contribution in [0.1, 0.15) is 12.0 Å². The van der Waals surface area contributed by atoms with Crippen molar-refractivity contribution in [2.75, 3.05) is 19.5 Å². The number of nitrogens with one attached hydrogen (secondary N) is 2. The maximum absolute atomic E-state index is 11.8. The largest absolute Gasteiger partial charge is 0.497 e. The molecule has 25 heavy (non-hydrogen) atoms. The highest BCUT2D eigenvalue weighted by Gasteiger charge is 2.09. The van der Waals surface area contributed by atoms with Gasteiger partial charge in [-0.3, -0.25) is 9.59 Å². The minimum atomic E-state index is -0.504. The van der Waals surface area contributed by atoms with E-state index in [9.17, 15) is 9.59 Å². The van der Waals surface area contributed by atoms with Crippen molar-refractivity contribution in [1.82, 2.24) is 5.43 Å². The second kappa shape index (κ2) is 9.07. The molecular formula is C18H19N3O4. The van der Waals surface area contributed by atoms with Crippen molar-refractivity contribution in [3.63, 3.8) is 0 Å². The summed E-state index contributed by atoms with van der Waals surface area (Å²) in [5, 5.41) is 6.44. The van der Waals surface area contributed by atoms with Crippen LogP contribution in [0.25, 0.3) is 0 Å². The van der Waals surface area contributed by atoms with Crippen molar-refractivity contribution in [2.45, 2.75) is 6.42 Å². The number of hydrogen-bond donors (Lipinski definition) is 2. The number of hydrogen-bond acceptors (Lipinski definition) is 5. The summed E-state index contributed by atoms with van der Waals surface area (Å²) >= 11 is 0. The standard InChI is InChI=1S/C18H19N3O4/c1-24-15-7-3-13(4-8-15)12-19-21-18(23)11-17(22)20-14-5-9-16(25-2)10-6-14/h3-10,12H,11H2,1-2H3,(H,20,22)(H,21,23). The number of rotatable bonds is 7. The van der Waals surface area contributed by atoms with Gasteiger partial charge in [0.2, 0.25) is 11.8 Å². The van der Waals surface area contributed by atoms with Crippen LogP contribution in [-0.2, 0) is 9.59 Å². The number of hydrazone groups is 1. The molecule has 7 nitrogen and oxygen atoms in total. The van der Waals surface area contributed by atoms with Crippen LogP contribution in [0.4, 0.5) is 5.69 Å². The first-order valence-electron chi connectivity index (χ1n) is 7.50. The predicted octanol–water partition coefficient (Wildman–Crippen LogP) is 2.18. The quantitative estimate of drug-likeness (QED) is 0.459. The number of methoxy groups -OCH3 is 2. The fraction of sp³-hybridized carbons (Fsp3) is 0.167.